The molecule has 0 amide bonds. The Kier molecular flexibility index (Phi) is 3.43. The highest BCUT2D eigenvalue weighted by Gasteiger charge is 2.33. The molecule has 88 valence electrons. The second-order valence-electron chi connectivity index (χ2n) is 4.17. The normalized spacial score (nSPS) is 25.4. The molecule has 2 unspecified atom stereocenters. The summed E-state index contributed by atoms with van der Waals surface area (Å²) < 4.78 is 0. The van der Waals surface area contributed by atoms with E-state index in [1.165, 1.54) is 0 Å². The number of para-hydroxylation sites is 1. The molecule has 1 aromatic rings. The van der Waals surface area contributed by atoms with E-state index >= 15 is 0 Å². The zero-order valence-electron chi connectivity index (χ0n) is 9.03. The van der Waals surface area contributed by atoms with Crippen LogP contribution in [0.25, 0.3) is 0 Å². The SMILES string of the molecule is OC(O)CC1C(O)CCN1c1ccccc1. The zero-order valence-corrected chi connectivity index (χ0v) is 9.03. The van der Waals surface area contributed by atoms with Gasteiger partial charge in [0.15, 0.2) is 6.29 Å². The number of benzene rings is 1. The number of hydrogen-bond acceptors (Lipinski definition) is 4. The lowest BCUT2D eigenvalue weighted by Crippen LogP contribution is -2.38. The summed E-state index contributed by atoms with van der Waals surface area (Å²) in [7, 11) is 0. The lowest BCUT2D eigenvalue weighted by atomic mass is 10.1. The topological polar surface area (TPSA) is 63.9 Å². The van der Waals surface area contributed by atoms with E-state index in [9.17, 15) is 5.11 Å². The minimum atomic E-state index is -1.37. The van der Waals surface area contributed by atoms with Crippen LogP contribution in [0.3, 0.4) is 0 Å². The van der Waals surface area contributed by atoms with Gasteiger partial charge in [-0.2, -0.15) is 0 Å². The highest BCUT2D eigenvalue weighted by atomic mass is 16.5. The van der Waals surface area contributed by atoms with Crippen molar-refractivity contribution in [1.29, 1.82) is 0 Å². The van der Waals surface area contributed by atoms with Crippen molar-refractivity contribution < 1.29 is 15.3 Å². The van der Waals surface area contributed by atoms with Crippen LogP contribution in [0.1, 0.15) is 12.8 Å². The van der Waals surface area contributed by atoms with Crippen LogP contribution in [0.5, 0.6) is 0 Å². The molecule has 0 spiro atoms. The lowest BCUT2D eigenvalue weighted by molar-refractivity contribution is -0.0556. The predicted octanol–water partition coefficient (Wildman–Crippen LogP) is 0.327. The van der Waals surface area contributed by atoms with Crippen molar-refractivity contribution in [3.05, 3.63) is 30.3 Å². The number of nitrogens with zero attached hydrogens (tertiary/aromatic N) is 1. The van der Waals surface area contributed by atoms with E-state index in [2.05, 4.69) is 0 Å². The zero-order chi connectivity index (χ0) is 11.5. The first kappa shape index (κ1) is 11.4. The maximum atomic E-state index is 9.81. The summed E-state index contributed by atoms with van der Waals surface area (Å²) in [6.45, 7) is 0.753. The second-order valence-corrected chi connectivity index (χ2v) is 4.17. The van der Waals surface area contributed by atoms with E-state index < -0.39 is 12.4 Å². The molecule has 0 bridgehead atoms. The molecular formula is C12H17NO3. The Morgan fingerprint density at radius 1 is 1.25 bits per heavy atom. The monoisotopic (exact) mass is 223 g/mol. The second kappa shape index (κ2) is 4.82. The molecule has 0 aliphatic carbocycles. The van der Waals surface area contributed by atoms with Gasteiger partial charge < -0.3 is 20.2 Å². The van der Waals surface area contributed by atoms with Gasteiger partial charge in [-0.3, -0.25) is 0 Å². The smallest absolute Gasteiger partial charge is 0.153 e. The molecule has 1 saturated heterocycles. The van der Waals surface area contributed by atoms with E-state index in [1.54, 1.807) is 0 Å². The maximum absolute atomic E-state index is 9.81. The number of aliphatic hydroxyl groups is 3. The number of aliphatic hydroxyl groups excluding tert-OH is 2. The van der Waals surface area contributed by atoms with Crippen LogP contribution < -0.4 is 4.90 Å². The molecule has 0 saturated carbocycles. The molecule has 1 heterocycles. The van der Waals surface area contributed by atoms with Crippen molar-refractivity contribution in [2.24, 2.45) is 0 Å². The summed E-state index contributed by atoms with van der Waals surface area (Å²) >= 11 is 0. The minimum Gasteiger partial charge on any atom is -0.391 e. The van der Waals surface area contributed by atoms with Gasteiger partial charge in [-0.05, 0) is 18.6 Å². The average Bonchev–Trinajstić information content (AvgIpc) is 2.61. The lowest BCUT2D eigenvalue weighted by Gasteiger charge is -2.28. The standard InChI is InChI=1S/C12H17NO3/c14-11-6-7-13(10(11)8-12(15)16)9-4-2-1-3-5-9/h1-5,10-12,14-16H,6-8H2. The van der Waals surface area contributed by atoms with Gasteiger partial charge in [0, 0.05) is 18.7 Å². The van der Waals surface area contributed by atoms with Crippen molar-refractivity contribution in [2.75, 3.05) is 11.4 Å². The number of anilines is 1. The maximum Gasteiger partial charge on any atom is 0.153 e. The van der Waals surface area contributed by atoms with E-state index in [0.717, 1.165) is 12.2 Å². The summed E-state index contributed by atoms with van der Waals surface area (Å²) in [4.78, 5) is 2.03. The fraction of sp³-hybridized carbons (Fsp3) is 0.500. The fourth-order valence-electron chi connectivity index (χ4n) is 2.28. The van der Waals surface area contributed by atoms with Crippen LogP contribution in [0.2, 0.25) is 0 Å². The summed E-state index contributed by atoms with van der Waals surface area (Å²) in [5.74, 6) is 0. The molecular weight excluding hydrogens is 206 g/mol. The average molecular weight is 223 g/mol. The van der Waals surface area contributed by atoms with Crippen molar-refractivity contribution in [2.45, 2.75) is 31.3 Å². The molecule has 2 rings (SSSR count). The van der Waals surface area contributed by atoms with Gasteiger partial charge in [-0.15, -0.1) is 0 Å². The molecule has 1 aliphatic rings. The molecule has 1 fully saturated rings. The Morgan fingerprint density at radius 2 is 1.94 bits per heavy atom. The Morgan fingerprint density at radius 3 is 2.56 bits per heavy atom. The van der Waals surface area contributed by atoms with Crippen molar-refractivity contribution in [1.82, 2.24) is 0 Å². The third-order valence-electron chi connectivity index (χ3n) is 3.05. The highest BCUT2D eigenvalue weighted by molar-refractivity contribution is 5.48. The van der Waals surface area contributed by atoms with Crippen LogP contribution in [0.4, 0.5) is 5.69 Å². The van der Waals surface area contributed by atoms with Gasteiger partial charge in [0.25, 0.3) is 0 Å². The van der Waals surface area contributed by atoms with E-state index in [0.29, 0.717) is 6.42 Å². The largest absolute Gasteiger partial charge is 0.391 e. The molecule has 0 radical (unpaired) electrons. The summed E-state index contributed by atoms with van der Waals surface area (Å²) in [6.07, 6.45) is -1.01. The van der Waals surface area contributed by atoms with Gasteiger partial charge in [0.2, 0.25) is 0 Å². The molecule has 4 nitrogen and oxygen atoms in total. The van der Waals surface area contributed by atoms with Gasteiger partial charge in [-0.25, -0.2) is 0 Å². The van der Waals surface area contributed by atoms with Crippen LogP contribution >= 0.6 is 0 Å². The van der Waals surface area contributed by atoms with E-state index in [1.807, 2.05) is 35.2 Å². The van der Waals surface area contributed by atoms with Gasteiger partial charge >= 0.3 is 0 Å². The Labute approximate surface area is 94.8 Å². The number of hydrogen-bond donors (Lipinski definition) is 3. The van der Waals surface area contributed by atoms with Crippen molar-refractivity contribution in [3.63, 3.8) is 0 Å². The first-order chi connectivity index (χ1) is 7.68. The summed E-state index contributed by atoms with van der Waals surface area (Å²) in [5.41, 5.74) is 1.02. The predicted molar refractivity (Wildman–Crippen MR) is 61.0 cm³/mol. The van der Waals surface area contributed by atoms with Crippen LogP contribution in [-0.4, -0.2) is 40.3 Å². The molecule has 1 aliphatic heterocycles. The van der Waals surface area contributed by atoms with E-state index in [4.69, 9.17) is 10.2 Å². The first-order valence-corrected chi connectivity index (χ1v) is 5.54. The third-order valence-corrected chi connectivity index (χ3v) is 3.05. The van der Waals surface area contributed by atoms with E-state index in [-0.39, 0.29) is 12.5 Å². The molecule has 4 heteroatoms. The first-order valence-electron chi connectivity index (χ1n) is 5.54. The molecule has 16 heavy (non-hydrogen) atoms. The summed E-state index contributed by atoms with van der Waals surface area (Å²) in [6, 6.07) is 9.54. The Hall–Kier alpha value is -1.10. The summed E-state index contributed by atoms with van der Waals surface area (Å²) in [5, 5.41) is 27.8. The van der Waals surface area contributed by atoms with Crippen molar-refractivity contribution in [3.8, 4) is 0 Å². The molecule has 3 N–H and O–H groups in total. The third kappa shape index (κ3) is 2.35. The van der Waals surface area contributed by atoms with Gasteiger partial charge in [-0.1, -0.05) is 18.2 Å². The van der Waals surface area contributed by atoms with Crippen LogP contribution in [0, 0.1) is 0 Å². The molecule has 0 aromatic heterocycles. The van der Waals surface area contributed by atoms with Crippen LogP contribution in [-0.2, 0) is 0 Å². The quantitative estimate of drug-likeness (QED) is 0.646. The van der Waals surface area contributed by atoms with Crippen molar-refractivity contribution >= 4 is 5.69 Å². The Bertz CT molecular complexity index is 328. The molecule has 2 atom stereocenters. The molecule has 1 aromatic carbocycles. The number of rotatable bonds is 3. The van der Waals surface area contributed by atoms with Gasteiger partial charge in [0.1, 0.15) is 0 Å². The minimum absolute atomic E-state index is 0.177. The van der Waals surface area contributed by atoms with Gasteiger partial charge in [0.05, 0.1) is 12.1 Å². The Balaban J connectivity index is 2.14. The highest BCUT2D eigenvalue weighted by Crippen LogP contribution is 2.27. The fourth-order valence-corrected chi connectivity index (χ4v) is 2.28. The van der Waals surface area contributed by atoms with Crippen LogP contribution in [0.15, 0.2) is 30.3 Å².